The molecule has 0 aliphatic heterocycles. The van der Waals surface area contributed by atoms with Crippen LogP contribution in [0.4, 0.5) is 0 Å². The molecule has 1 aromatic heterocycles. The molecule has 0 unspecified atom stereocenters. The summed E-state index contributed by atoms with van der Waals surface area (Å²) in [6, 6.07) is 6.10. The summed E-state index contributed by atoms with van der Waals surface area (Å²) in [6.07, 6.45) is 2.15. The van der Waals surface area contributed by atoms with Crippen molar-refractivity contribution in [2.45, 2.75) is 18.4 Å². The molecule has 1 aliphatic carbocycles. The van der Waals surface area contributed by atoms with Crippen molar-refractivity contribution in [3.8, 4) is 0 Å². The quantitative estimate of drug-likeness (QED) is 0.817. The van der Waals surface area contributed by atoms with Crippen molar-refractivity contribution in [1.29, 1.82) is 0 Å². The number of nitrogens with two attached hydrogens (primary N) is 1. The average Bonchev–Trinajstić information content (AvgIpc) is 2.83. The van der Waals surface area contributed by atoms with Crippen molar-refractivity contribution in [2.75, 3.05) is 0 Å². The first-order chi connectivity index (χ1) is 6.71. The minimum absolute atomic E-state index is 0.105. The van der Waals surface area contributed by atoms with Crippen LogP contribution in [0.1, 0.15) is 18.4 Å². The van der Waals surface area contributed by atoms with Gasteiger partial charge in [0.05, 0.1) is 5.52 Å². The van der Waals surface area contributed by atoms with Gasteiger partial charge in [0, 0.05) is 10.9 Å². The lowest BCUT2D eigenvalue weighted by molar-refractivity contribution is 0.748. The van der Waals surface area contributed by atoms with Gasteiger partial charge in [-0.05, 0) is 40.4 Å². The molecule has 72 valence electrons. The van der Waals surface area contributed by atoms with Crippen LogP contribution in [0.2, 0.25) is 0 Å². The SMILES string of the molecule is NC1(c2cccc3n[nH]c(Br)c23)CC1. The van der Waals surface area contributed by atoms with Crippen LogP contribution in [0.15, 0.2) is 22.8 Å². The average molecular weight is 252 g/mol. The van der Waals surface area contributed by atoms with Gasteiger partial charge in [-0.2, -0.15) is 5.10 Å². The molecule has 2 aromatic rings. The predicted octanol–water partition coefficient (Wildman–Crippen LogP) is 2.27. The second kappa shape index (κ2) is 2.58. The van der Waals surface area contributed by atoms with Crippen molar-refractivity contribution >= 4 is 26.8 Å². The molecular formula is C10H10BrN3. The third-order valence-electron chi connectivity index (χ3n) is 2.86. The Morgan fingerprint density at radius 3 is 2.93 bits per heavy atom. The lowest BCUT2D eigenvalue weighted by Crippen LogP contribution is -2.18. The molecule has 1 heterocycles. The second-order valence-electron chi connectivity index (χ2n) is 3.89. The molecule has 3 N–H and O–H groups in total. The van der Waals surface area contributed by atoms with Gasteiger partial charge in [-0.3, -0.25) is 5.10 Å². The molecule has 1 aromatic carbocycles. The number of hydrogen-bond donors (Lipinski definition) is 2. The molecule has 0 bridgehead atoms. The minimum atomic E-state index is -0.105. The monoisotopic (exact) mass is 251 g/mol. The van der Waals surface area contributed by atoms with E-state index in [-0.39, 0.29) is 5.54 Å². The summed E-state index contributed by atoms with van der Waals surface area (Å²) >= 11 is 3.46. The van der Waals surface area contributed by atoms with E-state index in [2.05, 4.69) is 32.2 Å². The molecule has 0 spiro atoms. The molecule has 1 aliphatic rings. The highest BCUT2D eigenvalue weighted by molar-refractivity contribution is 9.10. The van der Waals surface area contributed by atoms with E-state index in [1.807, 2.05) is 12.1 Å². The fraction of sp³-hybridized carbons (Fsp3) is 0.300. The third kappa shape index (κ3) is 1.04. The van der Waals surface area contributed by atoms with Crippen LogP contribution in [0.25, 0.3) is 10.9 Å². The molecule has 14 heavy (non-hydrogen) atoms. The van der Waals surface area contributed by atoms with E-state index in [1.54, 1.807) is 0 Å². The first kappa shape index (κ1) is 8.44. The Kier molecular flexibility index (Phi) is 1.56. The van der Waals surface area contributed by atoms with Crippen LogP contribution in [0.5, 0.6) is 0 Å². The summed E-state index contributed by atoms with van der Waals surface area (Å²) in [5, 5.41) is 8.25. The van der Waals surface area contributed by atoms with E-state index in [0.29, 0.717) is 0 Å². The number of aromatic nitrogens is 2. The summed E-state index contributed by atoms with van der Waals surface area (Å²) in [5.41, 5.74) is 8.28. The van der Waals surface area contributed by atoms with E-state index >= 15 is 0 Å². The third-order valence-corrected chi connectivity index (χ3v) is 3.44. The molecule has 4 heteroatoms. The van der Waals surface area contributed by atoms with Crippen molar-refractivity contribution in [1.82, 2.24) is 10.2 Å². The molecule has 3 nitrogen and oxygen atoms in total. The molecule has 0 atom stereocenters. The highest BCUT2D eigenvalue weighted by Crippen LogP contribution is 2.46. The normalized spacial score (nSPS) is 18.7. The first-order valence-corrected chi connectivity index (χ1v) is 5.42. The number of fused-ring (bicyclic) bond motifs is 1. The van der Waals surface area contributed by atoms with Crippen LogP contribution < -0.4 is 5.73 Å². The van der Waals surface area contributed by atoms with Crippen LogP contribution in [-0.4, -0.2) is 10.2 Å². The number of rotatable bonds is 1. The van der Waals surface area contributed by atoms with Crippen LogP contribution in [0.3, 0.4) is 0 Å². The number of H-pyrrole nitrogens is 1. The van der Waals surface area contributed by atoms with Crippen molar-refractivity contribution in [3.05, 3.63) is 28.4 Å². The van der Waals surface area contributed by atoms with Crippen LogP contribution in [0, 0.1) is 0 Å². The first-order valence-electron chi connectivity index (χ1n) is 4.63. The van der Waals surface area contributed by atoms with Crippen molar-refractivity contribution in [2.24, 2.45) is 5.73 Å². The van der Waals surface area contributed by atoms with Gasteiger partial charge >= 0.3 is 0 Å². The Labute approximate surface area is 89.8 Å². The lowest BCUT2D eigenvalue weighted by atomic mass is 10.0. The Balaban J connectivity index is 2.37. The summed E-state index contributed by atoms with van der Waals surface area (Å²) in [7, 11) is 0. The summed E-state index contributed by atoms with van der Waals surface area (Å²) in [4.78, 5) is 0. The Morgan fingerprint density at radius 1 is 1.43 bits per heavy atom. The zero-order valence-corrected chi connectivity index (χ0v) is 9.13. The Hall–Kier alpha value is -0.870. The number of nitrogens with one attached hydrogen (secondary N) is 1. The standard InChI is InChI=1S/C10H10BrN3/c11-9-8-6(10(12)4-5-10)2-1-3-7(8)13-14-9/h1-3H,4-5,12H2,(H,13,14). The van der Waals surface area contributed by atoms with E-state index in [4.69, 9.17) is 5.73 Å². The smallest absolute Gasteiger partial charge is 0.109 e. The molecule has 0 radical (unpaired) electrons. The highest BCUT2D eigenvalue weighted by atomic mass is 79.9. The number of nitrogens with zero attached hydrogens (tertiary/aromatic N) is 1. The maximum atomic E-state index is 6.20. The Bertz CT molecular complexity index is 499. The van der Waals surface area contributed by atoms with Gasteiger partial charge in [0.25, 0.3) is 0 Å². The van der Waals surface area contributed by atoms with Crippen LogP contribution in [-0.2, 0) is 5.54 Å². The van der Waals surface area contributed by atoms with Crippen LogP contribution >= 0.6 is 15.9 Å². The van der Waals surface area contributed by atoms with E-state index in [9.17, 15) is 0 Å². The fourth-order valence-corrected chi connectivity index (χ4v) is 2.35. The molecular weight excluding hydrogens is 242 g/mol. The van der Waals surface area contributed by atoms with Gasteiger partial charge < -0.3 is 5.73 Å². The van der Waals surface area contributed by atoms with Gasteiger partial charge in [-0.1, -0.05) is 12.1 Å². The molecule has 0 saturated heterocycles. The van der Waals surface area contributed by atoms with Gasteiger partial charge in [-0.15, -0.1) is 0 Å². The fourth-order valence-electron chi connectivity index (χ4n) is 1.85. The van der Waals surface area contributed by atoms with Gasteiger partial charge in [0.2, 0.25) is 0 Å². The molecule has 1 fully saturated rings. The lowest BCUT2D eigenvalue weighted by Gasteiger charge is -2.09. The highest BCUT2D eigenvalue weighted by Gasteiger charge is 2.41. The van der Waals surface area contributed by atoms with E-state index in [1.165, 1.54) is 5.56 Å². The minimum Gasteiger partial charge on any atom is -0.321 e. The predicted molar refractivity (Wildman–Crippen MR) is 58.9 cm³/mol. The zero-order valence-electron chi connectivity index (χ0n) is 7.55. The summed E-state index contributed by atoms with van der Waals surface area (Å²) < 4.78 is 0.930. The number of aromatic amines is 1. The molecule has 3 rings (SSSR count). The Morgan fingerprint density at radius 2 is 2.21 bits per heavy atom. The number of halogens is 1. The van der Waals surface area contributed by atoms with E-state index in [0.717, 1.165) is 28.3 Å². The van der Waals surface area contributed by atoms with Gasteiger partial charge in [-0.25, -0.2) is 0 Å². The summed E-state index contributed by atoms with van der Waals surface area (Å²) in [6.45, 7) is 0. The zero-order chi connectivity index (χ0) is 9.76. The van der Waals surface area contributed by atoms with Crippen molar-refractivity contribution < 1.29 is 0 Å². The molecule has 1 saturated carbocycles. The maximum absolute atomic E-state index is 6.20. The maximum Gasteiger partial charge on any atom is 0.109 e. The summed E-state index contributed by atoms with van der Waals surface area (Å²) in [5.74, 6) is 0. The largest absolute Gasteiger partial charge is 0.321 e. The van der Waals surface area contributed by atoms with Gasteiger partial charge in [0.15, 0.2) is 0 Å². The van der Waals surface area contributed by atoms with Crippen molar-refractivity contribution in [3.63, 3.8) is 0 Å². The number of hydrogen-bond acceptors (Lipinski definition) is 2. The molecule has 0 amide bonds. The topological polar surface area (TPSA) is 54.7 Å². The van der Waals surface area contributed by atoms with Gasteiger partial charge in [0.1, 0.15) is 4.60 Å². The second-order valence-corrected chi connectivity index (χ2v) is 4.69. The number of benzene rings is 1. The van der Waals surface area contributed by atoms with E-state index < -0.39 is 0 Å².